The van der Waals surface area contributed by atoms with Crippen molar-refractivity contribution < 1.29 is 14.7 Å². The lowest BCUT2D eigenvalue weighted by Crippen LogP contribution is -2.13. The summed E-state index contributed by atoms with van der Waals surface area (Å²) < 4.78 is 0. The zero-order valence-electron chi connectivity index (χ0n) is 10.8. The third kappa shape index (κ3) is 4.57. The number of nitrogens with one attached hydrogen (secondary N) is 1. The molecule has 18 heavy (non-hydrogen) atoms. The summed E-state index contributed by atoms with van der Waals surface area (Å²) >= 11 is 0. The molecule has 0 aliphatic rings. The Hall–Kier alpha value is -1.84. The van der Waals surface area contributed by atoms with E-state index < -0.39 is 5.97 Å². The fraction of sp³-hybridized carbons (Fsp3) is 0.429. The summed E-state index contributed by atoms with van der Waals surface area (Å²) in [5, 5.41) is 11.2. The van der Waals surface area contributed by atoms with E-state index in [1.54, 1.807) is 0 Å². The highest BCUT2D eigenvalue weighted by Crippen LogP contribution is 2.20. The van der Waals surface area contributed by atoms with Crippen LogP contribution in [-0.4, -0.2) is 17.0 Å². The van der Waals surface area contributed by atoms with Crippen LogP contribution in [0.1, 0.15) is 44.6 Å². The van der Waals surface area contributed by atoms with E-state index in [4.69, 9.17) is 5.11 Å². The van der Waals surface area contributed by atoms with E-state index in [0.717, 1.165) is 6.42 Å². The predicted octanol–water partition coefficient (Wildman–Crippen LogP) is 3.00. The van der Waals surface area contributed by atoms with Gasteiger partial charge in [-0.3, -0.25) is 9.59 Å². The topological polar surface area (TPSA) is 66.4 Å². The Morgan fingerprint density at radius 3 is 2.33 bits per heavy atom. The number of anilines is 1. The summed E-state index contributed by atoms with van der Waals surface area (Å²) in [5.41, 5.74) is 1.94. The number of carbonyl (C=O) groups excluding carboxylic acids is 1. The predicted molar refractivity (Wildman–Crippen MR) is 70.6 cm³/mol. The Labute approximate surface area is 107 Å². The second-order valence-electron chi connectivity index (χ2n) is 4.37. The van der Waals surface area contributed by atoms with Crippen LogP contribution >= 0.6 is 0 Å². The van der Waals surface area contributed by atoms with Crippen molar-refractivity contribution in [3.8, 4) is 0 Å². The van der Waals surface area contributed by atoms with Crippen molar-refractivity contribution in [2.24, 2.45) is 0 Å². The summed E-state index contributed by atoms with van der Waals surface area (Å²) in [7, 11) is 0. The Morgan fingerprint density at radius 2 is 1.83 bits per heavy atom. The minimum Gasteiger partial charge on any atom is -0.481 e. The van der Waals surface area contributed by atoms with Crippen LogP contribution in [0.2, 0.25) is 0 Å². The van der Waals surface area contributed by atoms with Crippen molar-refractivity contribution in [1.29, 1.82) is 0 Å². The van der Waals surface area contributed by atoms with Gasteiger partial charge in [0.1, 0.15) is 0 Å². The van der Waals surface area contributed by atoms with Crippen molar-refractivity contribution >= 4 is 17.6 Å². The van der Waals surface area contributed by atoms with E-state index in [1.807, 2.05) is 24.3 Å². The van der Waals surface area contributed by atoms with Crippen LogP contribution in [0.4, 0.5) is 5.69 Å². The number of carboxylic acids is 1. The maximum absolute atomic E-state index is 11.4. The lowest BCUT2D eigenvalue weighted by Gasteiger charge is -2.10. The summed E-state index contributed by atoms with van der Waals surface area (Å²) in [6.07, 6.45) is 0.934. The van der Waals surface area contributed by atoms with Gasteiger partial charge in [-0.15, -0.1) is 0 Å². The minimum absolute atomic E-state index is 0.00243. The molecule has 1 atom stereocenters. The molecule has 0 heterocycles. The van der Waals surface area contributed by atoms with Crippen molar-refractivity contribution in [3.63, 3.8) is 0 Å². The first-order valence-corrected chi connectivity index (χ1v) is 6.14. The molecule has 0 unspecified atom stereocenters. The van der Waals surface area contributed by atoms with Gasteiger partial charge in [-0.25, -0.2) is 0 Å². The smallest absolute Gasteiger partial charge is 0.303 e. The number of carbonyl (C=O) groups is 2. The molecule has 2 N–H and O–H groups in total. The molecule has 0 saturated carbocycles. The molecule has 1 amide bonds. The highest BCUT2D eigenvalue weighted by molar-refractivity contribution is 5.92. The first-order valence-electron chi connectivity index (χ1n) is 6.14. The Bertz CT molecular complexity index is 412. The monoisotopic (exact) mass is 249 g/mol. The van der Waals surface area contributed by atoms with Gasteiger partial charge in [0.25, 0.3) is 0 Å². The second kappa shape index (κ2) is 6.79. The zero-order chi connectivity index (χ0) is 13.5. The molecule has 1 aromatic carbocycles. The lowest BCUT2D eigenvalue weighted by molar-refractivity contribution is -0.138. The summed E-state index contributed by atoms with van der Waals surface area (Å²) in [4.78, 5) is 21.7. The summed E-state index contributed by atoms with van der Waals surface area (Å²) in [6, 6.07) is 7.67. The number of amides is 1. The molecule has 0 saturated heterocycles. The molecule has 0 radical (unpaired) electrons. The van der Waals surface area contributed by atoms with Crippen LogP contribution < -0.4 is 5.32 Å². The van der Waals surface area contributed by atoms with Crippen LogP contribution in [0, 0.1) is 0 Å². The van der Waals surface area contributed by atoms with E-state index in [0.29, 0.717) is 11.6 Å². The summed E-state index contributed by atoms with van der Waals surface area (Å²) in [6.45, 7) is 4.28. The Kier molecular flexibility index (Phi) is 5.36. The van der Waals surface area contributed by atoms with Gasteiger partial charge >= 0.3 is 5.97 Å². The van der Waals surface area contributed by atoms with Crippen LogP contribution in [0.25, 0.3) is 0 Å². The van der Waals surface area contributed by atoms with Crippen molar-refractivity contribution in [3.05, 3.63) is 29.8 Å². The molecular formula is C14H19NO3. The number of rotatable bonds is 6. The molecule has 0 fully saturated rings. The van der Waals surface area contributed by atoms with Crippen molar-refractivity contribution in [2.45, 2.75) is 39.0 Å². The number of aliphatic carboxylic acids is 1. The van der Waals surface area contributed by atoms with Gasteiger partial charge in [0, 0.05) is 12.1 Å². The quantitative estimate of drug-likeness (QED) is 0.814. The largest absolute Gasteiger partial charge is 0.481 e. The molecular weight excluding hydrogens is 230 g/mol. The third-order valence-electron chi connectivity index (χ3n) is 2.94. The maximum atomic E-state index is 11.4. The number of hydrogen-bond acceptors (Lipinski definition) is 2. The molecule has 1 aromatic rings. The van der Waals surface area contributed by atoms with Gasteiger partial charge in [-0.2, -0.15) is 0 Å². The van der Waals surface area contributed by atoms with Crippen LogP contribution in [0.3, 0.4) is 0 Å². The maximum Gasteiger partial charge on any atom is 0.303 e. The highest BCUT2D eigenvalue weighted by atomic mass is 16.4. The summed E-state index contributed by atoms with van der Waals surface area (Å²) in [5.74, 6) is -0.729. The molecule has 0 aromatic heterocycles. The molecule has 0 aliphatic carbocycles. The Morgan fingerprint density at radius 1 is 1.22 bits per heavy atom. The fourth-order valence-electron chi connectivity index (χ4n) is 1.57. The third-order valence-corrected chi connectivity index (χ3v) is 2.94. The normalized spacial score (nSPS) is 11.9. The van der Waals surface area contributed by atoms with E-state index in [2.05, 4.69) is 19.2 Å². The second-order valence-corrected chi connectivity index (χ2v) is 4.37. The molecule has 0 aliphatic heterocycles. The average molecular weight is 249 g/mol. The first-order chi connectivity index (χ1) is 8.52. The highest BCUT2D eigenvalue weighted by Gasteiger charge is 2.06. The molecule has 98 valence electrons. The van der Waals surface area contributed by atoms with Gasteiger partial charge in [0.2, 0.25) is 5.91 Å². The van der Waals surface area contributed by atoms with Gasteiger partial charge in [-0.1, -0.05) is 26.0 Å². The van der Waals surface area contributed by atoms with E-state index in [1.165, 1.54) is 5.56 Å². The molecule has 1 rings (SSSR count). The van der Waals surface area contributed by atoms with Crippen LogP contribution in [0.5, 0.6) is 0 Å². The number of carboxylic acid groups (broad SMARTS) is 1. The first kappa shape index (κ1) is 14.2. The fourth-order valence-corrected chi connectivity index (χ4v) is 1.57. The average Bonchev–Trinajstić information content (AvgIpc) is 2.36. The number of hydrogen-bond donors (Lipinski definition) is 2. The standard InChI is InChI=1S/C14H19NO3/c1-3-10(2)11-4-6-12(7-5-11)15-13(16)8-9-14(17)18/h4-7,10H,3,8-9H2,1-2H3,(H,15,16)(H,17,18)/t10-/m1/s1. The lowest BCUT2D eigenvalue weighted by atomic mass is 9.99. The molecule has 0 spiro atoms. The van der Waals surface area contributed by atoms with Crippen LogP contribution in [0.15, 0.2) is 24.3 Å². The van der Waals surface area contributed by atoms with Gasteiger partial charge in [0.15, 0.2) is 0 Å². The van der Waals surface area contributed by atoms with Crippen LogP contribution in [-0.2, 0) is 9.59 Å². The van der Waals surface area contributed by atoms with E-state index in [-0.39, 0.29) is 18.7 Å². The van der Waals surface area contributed by atoms with Crippen molar-refractivity contribution in [2.75, 3.05) is 5.32 Å². The zero-order valence-corrected chi connectivity index (χ0v) is 10.8. The van der Waals surface area contributed by atoms with Crippen molar-refractivity contribution in [1.82, 2.24) is 0 Å². The molecule has 4 heteroatoms. The molecule has 0 bridgehead atoms. The van der Waals surface area contributed by atoms with E-state index in [9.17, 15) is 9.59 Å². The Balaban J connectivity index is 2.53. The molecule has 4 nitrogen and oxygen atoms in total. The number of benzene rings is 1. The SMILES string of the molecule is CC[C@@H](C)c1ccc(NC(=O)CCC(=O)O)cc1. The van der Waals surface area contributed by atoms with Gasteiger partial charge in [0.05, 0.1) is 6.42 Å². The van der Waals surface area contributed by atoms with Gasteiger partial charge < -0.3 is 10.4 Å². The van der Waals surface area contributed by atoms with E-state index >= 15 is 0 Å². The van der Waals surface area contributed by atoms with Gasteiger partial charge in [-0.05, 0) is 30.0 Å². The minimum atomic E-state index is -0.961.